The van der Waals surface area contributed by atoms with Gasteiger partial charge in [-0.25, -0.2) is 4.99 Å². The summed E-state index contributed by atoms with van der Waals surface area (Å²) < 4.78 is 0. The third-order valence-electron chi connectivity index (χ3n) is 1.81. The van der Waals surface area contributed by atoms with Gasteiger partial charge in [-0.3, -0.25) is 4.79 Å². The Morgan fingerprint density at radius 2 is 2.21 bits per heavy atom. The molecule has 0 spiro atoms. The van der Waals surface area contributed by atoms with Crippen LogP contribution in [-0.4, -0.2) is 41.9 Å². The lowest BCUT2D eigenvalue weighted by atomic mass is 10.1. The summed E-state index contributed by atoms with van der Waals surface area (Å²) in [7, 11) is 0. The highest BCUT2D eigenvalue weighted by molar-refractivity contribution is 5.86. The Kier molecular flexibility index (Phi) is 2.98. The van der Waals surface area contributed by atoms with Gasteiger partial charge in [-0.1, -0.05) is 0 Å². The van der Waals surface area contributed by atoms with E-state index in [-0.39, 0.29) is 11.4 Å². The third kappa shape index (κ3) is 3.24. The standard InChI is InChI=1S/C9H18N4O/c1-9(2,3)12-8(10)13-5-4-11-7(14)6-13/h4-6H2,1-3H3,(H2,10,12)(H,11,14). The van der Waals surface area contributed by atoms with Crippen LogP contribution in [-0.2, 0) is 4.79 Å². The molecule has 5 nitrogen and oxygen atoms in total. The highest BCUT2D eigenvalue weighted by Gasteiger charge is 2.19. The van der Waals surface area contributed by atoms with Crippen molar-refractivity contribution in [1.29, 1.82) is 0 Å². The van der Waals surface area contributed by atoms with E-state index >= 15 is 0 Å². The Balaban J connectivity index is 2.64. The maximum atomic E-state index is 11.1. The molecule has 0 aromatic carbocycles. The van der Waals surface area contributed by atoms with Crippen LogP contribution in [0, 0.1) is 0 Å². The van der Waals surface area contributed by atoms with Crippen molar-refractivity contribution in [1.82, 2.24) is 10.2 Å². The number of rotatable bonds is 0. The summed E-state index contributed by atoms with van der Waals surface area (Å²) in [6.07, 6.45) is 0. The highest BCUT2D eigenvalue weighted by atomic mass is 16.2. The van der Waals surface area contributed by atoms with Gasteiger partial charge in [0.25, 0.3) is 0 Å². The second kappa shape index (κ2) is 3.86. The van der Waals surface area contributed by atoms with Crippen molar-refractivity contribution in [3.8, 4) is 0 Å². The van der Waals surface area contributed by atoms with Gasteiger partial charge >= 0.3 is 0 Å². The second-order valence-corrected chi connectivity index (χ2v) is 4.41. The minimum Gasteiger partial charge on any atom is -0.370 e. The minimum atomic E-state index is -0.196. The van der Waals surface area contributed by atoms with E-state index in [1.54, 1.807) is 4.90 Å². The van der Waals surface area contributed by atoms with E-state index in [0.717, 1.165) is 6.54 Å². The Labute approximate surface area is 84.4 Å². The molecule has 0 atom stereocenters. The molecule has 1 amide bonds. The molecule has 1 saturated heterocycles. The number of amides is 1. The molecule has 0 radical (unpaired) electrons. The van der Waals surface area contributed by atoms with Gasteiger partial charge < -0.3 is 16.0 Å². The lowest BCUT2D eigenvalue weighted by Crippen LogP contribution is -2.52. The Hall–Kier alpha value is -1.26. The van der Waals surface area contributed by atoms with Gasteiger partial charge in [0.2, 0.25) is 5.91 Å². The fourth-order valence-electron chi connectivity index (χ4n) is 1.25. The van der Waals surface area contributed by atoms with Gasteiger partial charge in [0.05, 0.1) is 12.1 Å². The summed E-state index contributed by atoms with van der Waals surface area (Å²) in [4.78, 5) is 17.2. The number of piperazine rings is 1. The zero-order valence-electron chi connectivity index (χ0n) is 9.00. The molecule has 14 heavy (non-hydrogen) atoms. The van der Waals surface area contributed by atoms with E-state index in [0.29, 0.717) is 19.0 Å². The number of nitrogens with one attached hydrogen (secondary N) is 1. The average Bonchev–Trinajstić information content (AvgIpc) is 2.01. The van der Waals surface area contributed by atoms with E-state index < -0.39 is 0 Å². The van der Waals surface area contributed by atoms with Crippen molar-refractivity contribution in [3.63, 3.8) is 0 Å². The molecule has 0 bridgehead atoms. The first-order valence-electron chi connectivity index (χ1n) is 4.75. The summed E-state index contributed by atoms with van der Waals surface area (Å²) in [5.41, 5.74) is 5.60. The zero-order valence-corrected chi connectivity index (χ0v) is 9.00. The second-order valence-electron chi connectivity index (χ2n) is 4.41. The first kappa shape index (κ1) is 10.8. The highest BCUT2D eigenvalue weighted by Crippen LogP contribution is 2.07. The number of carbonyl (C=O) groups is 1. The maximum Gasteiger partial charge on any atom is 0.239 e. The molecule has 0 unspecified atom stereocenters. The predicted molar refractivity (Wildman–Crippen MR) is 56.0 cm³/mol. The van der Waals surface area contributed by atoms with Crippen molar-refractivity contribution >= 4 is 11.9 Å². The first-order valence-corrected chi connectivity index (χ1v) is 4.75. The van der Waals surface area contributed by atoms with Crippen LogP contribution in [0.5, 0.6) is 0 Å². The smallest absolute Gasteiger partial charge is 0.239 e. The molecular weight excluding hydrogens is 180 g/mol. The summed E-state index contributed by atoms with van der Waals surface area (Å²) >= 11 is 0. The van der Waals surface area contributed by atoms with Crippen molar-refractivity contribution in [3.05, 3.63) is 0 Å². The predicted octanol–water partition coefficient (Wildman–Crippen LogP) is -0.469. The lowest BCUT2D eigenvalue weighted by molar-refractivity contribution is -0.122. The van der Waals surface area contributed by atoms with Crippen LogP contribution in [0.4, 0.5) is 0 Å². The van der Waals surface area contributed by atoms with Gasteiger partial charge in [-0.05, 0) is 20.8 Å². The number of hydrogen-bond acceptors (Lipinski definition) is 2. The number of carbonyl (C=O) groups excluding carboxylic acids is 1. The van der Waals surface area contributed by atoms with Crippen molar-refractivity contribution in [2.24, 2.45) is 10.7 Å². The minimum absolute atomic E-state index is 0.00306. The number of nitrogens with two attached hydrogens (primary N) is 1. The number of guanidine groups is 1. The molecule has 0 aromatic heterocycles. The van der Waals surface area contributed by atoms with Crippen LogP contribution in [0.2, 0.25) is 0 Å². The lowest BCUT2D eigenvalue weighted by Gasteiger charge is -2.29. The van der Waals surface area contributed by atoms with E-state index in [9.17, 15) is 4.79 Å². The summed E-state index contributed by atoms with van der Waals surface area (Å²) in [6, 6.07) is 0. The number of aliphatic imine (C=N–C) groups is 1. The third-order valence-corrected chi connectivity index (χ3v) is 1.81. The van der Waals surface area contributed by atoms with Crippen LogP contribution in [0.25, 0.3) is 0 Å². The SMILES string of the molecule is CC(C)(C)N=C(N)N1CCNC(=O)C1. The molecular formula is C9H18N4O. The molecule has 1 rings (SSSR count). The number of hydrogen-bond donors (Lipinski definition) is 2. The molecule has 1 aliphatic heterocycles. The van der Waals surface area contributed by atoms with Gasteiger partial charge in [0.1, 0.15) is 0 Å². The largest absolute Gasteiger partial charge is 0.370 e. The molecule has 80 valence electrons. The average molecular weight is 198 g/mol. The normalized spacial score (nSPS) is 19.5. The topological polar surface area (TPSA) is 70.7 Å². The van der Waals surface area contributed by atoms with E-state index in [4.69, 9.17) is 5.73 Å². The molecule has 1 heterocycles. The fraction of sp³-hybridized carbons (Fsp3) is 0.778. The molecule has 3 N–H and O–H groups in total. The Bertz CT molecular complexity index is 254. The van der Waals surface area contributed by atoms with Gasteiger partial charge in [-0.2, -0.15) is 0 Å². The van der Waals surface area contributed by atoms with Crippen LogP contribution in [0.15, 0.2) is 4.99 Å². The van der Waals surface area contributed by atoms with Crippen molar-refractivity contribution in [2.45, 2.75) is 26.3 Å². The van der Waals surface area contributed by atoms with Crippen LogP contribution in [0.1, 0.15) is 20.8 Å². The Morgan fingerprint density at radius 3 is 2.71 bits per heavy atom. The summed E-state index contributed by atoms with van der Waals surface area (Å²) in [6.45, 7) is 7.61. The van der Waals surface area contributed by atoms with E-state index in [1.807, 2.05) is 20.8 Å². The maximum absolute atomic E-state index is 11.1. The van der Waals surface area contributed by atoms with Crippen LogP contribution < -0.4 is 11.1 Å². The quantitative estimate of drug-likeness (QED) is 0.408. The van der Waals surface area contributed by atoms with Gasteiger partial charge in [0, 0.05) is 13.1 Å². The first-order chi connectivity index (χ1) is 6.38. The van der Waals surface area contributed by atoms with Crippen molar-refractivity contribution < 1.29 is 4.79 Å². The van der Waals surface area contributed by atoms with Crippen LogP contribution >= 0.6 is 0 Å². The molecule has 0 aromatic rings. The van der Waals surface area contributed by atoms with E-state index in [2.05, 4.69) is 10.3 Å². The Morgan fingerprint density at radius 1 is 1.57 bits per heavy atom. The molecule has 0 aliphatic carbocycles. The zero-order chi connectivity index (χ0) is 10.8. The van der Waals surface area contributed by atoms with Crippen LogP contribution in [0.3, 0.4) is 0 Å². The van der Waals surface area contributed by atoms with E-state index in [1.165, 1.54) is 0 Å². The molecule has 1 aliphatic rings. The molecule has 5 heteroatoms. The molecule has 1 fully saturated rings. The summed E-state index contributed by atoms with van der Waals surface area (Å²) in [5.74, 6) is 0.454. The number of nitrogens with zero attached hydrogens (tertiary/aromatic N) is 2. The van der Waals surface area contributed by atoms with Gasteiger partial charge in [-0.15, -0.1) is 0 Å². The van der Waals surface area contributed by atoms with Gasteiger partial charge in [0.15, 0.2) is 5.96 Å². The fourth-order valence-corrected chi connectivity index (χ4v) is 1.25. The molecule has 0 saturated carbocycles. The van der Waals surface area contributed by atoms with Crippen molar-refractivity contribution in [2.75, 3.05) is 19.6 Å². The summed E-state index contributed by atoms with van der Waals surface area (Å²) in [5, 5.41) is 2.74. The monoisotopic (exact) mass is 198 g/mol.